The first-order valence-electron chi connectivity index (χ1n) is 32.4. The smallest absolute Gasteiger partial charge is 0.113 e. The van der Waals surface area contributed by atoms with Crippen LogP contribution in [0.1, 0.15) is 0 Å². The van der Waals surface area contributed by atoms with Crippen molar-refractivity contribution in [2.45, 2.75) is 0 Å². The average molecular weight is 1270 g/mol. The van der Waals surface area contributed by atoms with Gasteiger partial charge in [-0.1, -0.05) is 141 Å². The molecule has 0 saturated heterocycles. The summed E-state index contributed by atoms with van der Waals surface area (Å²) in [7, 11) is 135. The van der Waals surface area contributed by atoms with Crippen LogP contribution < -0.4 is 109 Å². The predicted molar refractivity (Wildman–Crippen MR) is 462 cm³/mol. The Labute approximate surface area is 621 Å². The van der Waals surface area contributed by atoms with Gasteiger partial charge < -0.3 is 8.80 Å². The molecule has 2 nitrogen and oxygen atoms in total. The van der Waals surface area contributed by atoms with Gasteiger partial charge in [0.2, 0.25) is 0 Å². The van der Waals surface area contributed by atoms with E-state index in [2.05, 4.69) is 118 Å². The highest BCUT2D eigenvalue weighted by Gasteiger charge is 2.31. The zero-order chi connectivity index (χ0) is 70.7. The SMILES string of the molecule is [B]c1c([B])c([B])c(-c2cccc(-c3c([B])c([B])c([B])c([B])c3[B])c2-c2ccc3c4c5c(cc6c7cc8c(cc7n(c3c2)c64)c2cc3sc4ccccc4c3c3c4ccc(-c6c(-c7c([B])c([B])c([B])c([B])c7[B])cccc6-c6c([B])c([B])c([B])c([B])c6[B])cc4n8c23)sc2ccccc25)c([B])c1[B]. The summed E-state index contributed by atoms with van der Waals surface area (Å²) >= 11 is 3.52. The van der Waals surface area contributed by atoms with Gasteiger partial charge in [-0.15, -0.1) is 88.2 Å². The van der Waals surface area contributed by atoms with Crippen LogP contribution in [0.15, 0.2) is 146 Å². The zero-order valence-corrected chi connectivity index (χ0v) is 55.7. The molecule has 6 aromatic heterocycles. The van der Waals surface area contributed by atoms with E-state index in [9.17, 15) is 0 Å². The Morgan fingerprint density at radius 3 is 0.775 bits per heavy atom. The van der Waals surface area contributed by atoms with Gasteiger partial charge in [0, 0.05) is 83.4 Å². The molecular weight excluding hydrogens is 1250 g/mol. The molecule has 0 amide bonds. The summed E-state index contributed by atoms with van der Waals surface area (Å²) in [6.45, 7) is 0. The van der Waals surface area contributed by atoms with Crippen molar-refractivity contribution in [3.05, 3.63) is 146 Å². The maximum absolute atomic E-state index is 7.01. The maximum atomic E-state index is 7.01. The molecule has 13 aromatic carbocycles. The van der Waals surface area contributed by atoms with Gasteiger partial charge in [-0.25, -0.2) is 0 Å². The third-order valence-electron chi connectivity index (χ3n) is 21.5. The van der Waals surface area contributed by atoms with Crippen LogP contribution >= 0.6 is 22.7 Å². The van der Waals surface area contributed by atoms with E-state index >= 15 is 0 Å². The van der Waals surface area contributed by atoms with Crippen molar-refractivity contribution in [2.24, 2.45) is 0 Å². The lowest BCUT2D eigenvalue weighted by Gasteiger charge is -2.27. The Balaban J connectivity index is 0.964. The Morgan fingerprint density at radius 1 is 0.196 bits per heavy atom. The van der Waals surface area contributed by atoms with E-state index in [1.807, 2.05) is 36.4 Å². The van der Waals surface area contributed by atoms with Crippen LogP contribution in [0.3, 0.4) is 0 Å². The van der Waals surface area contributed by atoms with E-state index < -0.39 is 0 Å². The second kappa shape index (κ2) is 22.4. The Hall–Kier alpha value is -8.80. The van der Waals surface area contributed by atoms with Gasteiger partial charge in [0.05, 0.1) is 33.1 Å². The fourth-order valence-electron chi connectivity index (χ4n) is 16.6. The molecule has 0 aliphatic carbocycles. The van der Waals surface area contributed by atoms with Crippen LogP contribution in [0.25, 0.3) is 183 Å². The van der Waals surface area contributed by atoms with Gasteiger partial charge in [-0.2, -0.15) is 0 Å². The fraction of sp³-hybridized carbons (Fsp3) is 0. The number of nitrogens with zero attached hydrogens (tertiary/aromatic N) is 2. The maximum Gasteiger partial charge on any atom is 0.113 e. The molecule has 0 fully saturated rings. The number of benzene rings is 13. The predicted octanol–water partition coefficient (Wildman–Crippen LogP) is -1.40. The van der Waals surface area contributed by atoms with Crippen molar-refractivity contribution in [2.75, 3.05) is 0 Å². The van der Waals surface area contributed by atoms with E-state index in [0.29, 0.717) is 55.6 Å². The minimum Gasteiger partial charge on any atom is -0.308 e. The second-order valence-corrected chi connectivity index (χ2v) is 28.7. The lowest BCUT2D eigenvalue weighted by Crippen LogP contribution is -2.55. The van der Waals surface area contributed by atoms with Gasteiger partial charge in [0.15, 0.2) is 0 Å². The van der Waals surface area contributed by atoms with Crippen LogP contribution in [-0.4, -0.2) is 166 Å². The molecule has 6 heterocycles. The molecule has 24 heteroatoms. The molecule has 19 rings (SSSR count). The summed E-state index contributed by atoms with van der Waals surface area (Å²) in [5.74, 6) is 0. The third kappa shape index (κ3) is 8.29. The number of aromatic nitrogens is 2. The highest BCUT2D eigenvalue weighted by atomic mass is 32.1. The molecule has 19 aromatic rings. The lowest BCUT2D eigenvalue weighted by molar-refractivity contribution is 1.36. The highest BCUT2D eigenvalue weighted by molar-refractivity contribution is 7.26. The minimum atomic E-state index is 0.0658. The first kappa shape index (κ1) is 64.1. The zero-order valence-electron chi connectivity index (χ0n) is 54.1. The van der Waals surface area contributed by atoms with E-state index in [4.69, 9.17) is 157 Å². The molecule has 40 radical (unpaired) electrons. The average Bonchev–Trinajstić information content (AvgIpc) is 1.50. The molecule has 0 aliphatic rings. The van der Waals surface area contributed by atoms with Crippen molar-refractivity contribution in [1.29, 1.82) is 0 Å². The van der Waals surface area contributed by atoms with E-state index in [1.165, 1.54) is 0 Å². The van der Waals surface area contributed by atoms with Gasteiger partial charge >= 0.3 is 0 Å². The summed E-state index contributed by atoms with van der Waals surface area (Å²) in [6.07, 6.45) is 0. The number of hydrogen-bond donors (Lipinski definition) is 0. The largest absolute Gasteiger partial charge is 0.308 e. The molecule has 102 heavy (non-hydrogen) atoms. The quantitative estimate of drug-likeness (QED) is 0.182. The first-order chi connectivity index (χ1) is 49.0. The third-order valence-corrected chi connectivity index (χ3v) is 23.7. The van der Waals surface area contributed by atoms with Crippen LogP contribution in [0, 0.1) is 0 Å². The fourth-order valence-corrected chi connectivity index (χ4v) is 18.9. The number of fused-ring (bicyclic) bond motifs is 20. The number of thiophene rings is 2. The molecule has 0 unspecified atom stereocenters. The van der Waals surface area contributed by atoms with Crippen LogP contribution in [-0.2, 0) is 0 Å². The van der Waals surface area contributed by atoms with Gasteiger partial charge in [0.25, 0.3) is 0 Å². The van der Waals surface area contributed by atoms with Crippen molar-refractivity contribution in [3.63, 3.8) is 0 Å². The van der Waals surface area contributed by atoms with Crippen LogP contribution in [0.5, 0.6) is 0 Å². The molecule has 418 valence electrons. The van der Waals surface area contributed by atoms with Crippen LogP contribution in [0.4, 0.5) is 0 Å². The van der Waals surface area contributed by atoms with Crippen molar-refractivity contribution in [3.8, 4) is 66.8 Å². The molecular formula is C78H24B20N2S2. The molecule has 0 N–H and O–H groups in total. The van der Waals surface area contributed by atoms with Crippen LogP contribution in [0.2, 0.25) is 0 Å². The Morgan fingerprint density at radius 2 is 0.471 bits per heavy atom. The summed E-state index contributed by atoms with van der Waals surface area (Å²) in [5.41, 5.74) is 14.0. The van der Waals surface area contributed by atoms with Gasteiger partial charge in [-0.05, 0) is 115 Å². The van der Waals surface area contributed by atoms with E-state index in [1.54, 1.807) is 22.7 Å². The van der Waals surface area contributed by atoms with E-state index in [-0.39, 0.29) is 109 Å². The van der Waals surface area contributed by atoms with Crippen molar-refractivity contribution < 1.29 is 0 Å². The Kier molecular flexibility index (Phi) is 14.0. The molecule has 0 aliphatic heterocycles. The Bertz CT molecular complexity index is 6430. The monoisotopic (exact) mass is 1270 g/mol. The van der Waals surface area contributed by atoms with Crippen molar-refractivity contribution in [1.82, 2.24) is 8.80 Å². The molecule has 0 saturated carbocycles. The number of hydrogen-bond acceptors (Lipinski definition) is 2. The molecule has 0 bridgehead atoms. The first-order valence-corrected chi connectivity index (χ1v) is 34.0. The van der Waals surface area contributed by atoms with E-state index in [0.717, 1.165) is 128 Å². The van der Waals surface area contributed by atoms with Gasteiger partial charge in [0.1, 0.15) is 157 Å². The normalized spacial score (nSPS) is 12.3. The minimum absolute atomic E-state index is 0.0658. The highest BCUT2D eigenvalue weighted by Crippen LogP contribution is 2.53. The van der Waals surface area contributed by atoms with Gasteiger partial charge in [-0.3, -0.25) is 0 Å². The summed E-state index contributed by atoms with van der Waals surface area (Å²) in [6, 6.07) is 50.6. The second-order valence-electron chi connectivity index (χ2n) is 26.5. The lowest BCUT2D eigenvalue weighted by atomic mass is 9.58. The topological polar surface area (TPSA) is 8.82 Å². The molecule has 0 spiro atoms. The van der Waals surface area contributed by atoms with Crippen molar-refractivity contribution >= 4 is 405 Å². The summed E-state index contributed by atoms with van der Waals surface area (Å²) in [5, 5.41) is 12.9. The summed E-state index contributed by atoms with van der Waals surface area (Å²) in [4.78, 5) is 0. The summed E-state index contributed by atoms with van der Waals surface area (Å²) < 4.78 is 9.35. The molecule has 0 atom stereocenters. The standard InChI is InChI=1S/C78H24B20N2S2/c79-57-53(58(80)66(88)73(95)65(57)87)31-9-5-10-32(54-59(81)67(89)74(96)68(90)60(54)82)47(31)25-15-17-27-39(19-25)99-41-22-36-38-24-46-50(30-8-2-4-14-44(30)102-46)52-28-18-16-26(20-40(28)100(78(38)52)42(36)21-35(41)37-23-45-49(51(27)77(37)99)29-7-1-3-13-43(29)101-45)48-33(55-61(83)69(91)75(97)70(92)62(55)84)11-6-12-34(48)56-63(85)71(93)76(98)72(94)64(56)86/h1-24H. The number of rotatable bonds is 6.